The summed E-state index contributed by atoms with van der Waals surface area (Å²) in [5.74, 6) is -0.158. The molecule has 1 amide bonds. The van der Waals surface area contributed by atoms with Crippen LogP contribution in [0.5, 0.6) is 5.75 Å². The Labute approximate surface area is 106 Å². The van der Waals surface area contributed by atoms with Crippen molar-refractivity contribution in [2.45, 2.75) is 26.2 Å². The molecule has 0 aliphatic carbocycles. The van der Waals surface area contributed by atoms with Gasteiger partial charge in [-0.1, -0.05) is 26.0 Å². The Bertz CT molecular complexity index is 429. The van der Waals surface area contributed by atoms with Crippen molar-refractivity contribution in [1.29, 1.82) is 0 Å². The van der Waals surface area contributed by atoms with Gasteiger partial charge in [-0.15, -0.1) is 0 Å². The van der Waals surface area contributed by atoms with Crippen LogP contribution in [0.25, 0.3) is 0 Å². The van der Waals surface area contributed by atoms with Crippen molar-refractivity contribution in [3.8, 4) is 5.75 Å². The summed E-state index contributed by atoms with van der Waals surface area (Å²) in [6.07, 6.45) is -0.765. The summed E-state index contributed by atoms with van der Waals surface area (Å²) in [5, 5.41) is 10.8. The Kier molecular flexibility index (Phi) is 5.17. The molecule has 0 radical (unpaired) electrons. The zero-order chi connectivity index (χ0) is 13.5. The van der Waals surface area contributed by atoms with Crippen molar-refractivity contribution < 1.29 is 19.4 Å². The van der Waals surface area contributed by atoms with Gasteiger partial charge in [0.2, 0.25) is 0 Å². The Hall–Kier alpha value is -2.04. The third kappa shape index (κ3) is 4.86. The highest BCUT2D eigenvalue weighted by atomic mass is 16.6. The molecular formula is C13H17NO4. The van der Waals surface area contributed by atoms with Crippen LogP contribution in [0.3, 0.4) is 0 Å². The number of hydrogen-bond acceptors (Lipinski definition) is 3. The summed E-state index contributed by atoms with van der Waals surface area (Å²) in [5.41, 5.74) is 1.07. The minimum atomic E-state index is -0.961. The first kappa shape index (κ1) is 14.0. The summed E-state index contributed by atoms with van der Waals surface area (Å²) in [6.45, 7) is 4.15. The van der Waals surface area contributed by atoms with Gasteiger partial charge in [0.15, 0.2) is 0 Å². The number of carbonyl (C=O) groups is 2. The van der Waals surface area contributed by atoms with Crippen LogP contribution in [-0.2, 0) is 4.79 Å². The van der Waals surface area contributed by atoms with E-state index in [-0.39, 0.29) is 13.0 Å². The van der Waals surface area contributed by atoms with Gasteiger partial charge in [-0.05, 0) is 23.6 Å². The number of rotatable bonds is 5. The van der Waals surface area contributed by atoms with E-state index in [4.69, 9.17) is 9.84 Å². The van der Waals surface area contributed by atoms with E-state index < -0.39 is 12.1 Å². The molecule has 0 heterocycles. The summed E-state index contributed by atoms with van der Waals surface area (Å²) in [6, 6.07) is 7.25. The Morgan fingerprint density at radius 2 is 2.11 bits per heavy atom. The van der Waals surface area contributed by atoms with Gasteiger partial charge in [0.25, 0.3) is 0 Å². The molecule has 0 aliphatic rings. The van der Waals surface area contributed by atoms with Crippen LogP contribution in [-0.4, -0.2) is 23.7 Å². The van der Waals surface area contributed by atoms with E-state index in [1.54, 1.807) is 12.1 Å². The van der Waals surface area contributed by atoms with E-state index >= 15 is 0 Å². The number of benzene rings is 1. The highest BCUT2D eigenvalue weighted by Crippen LogP contribution is 2.20. The highest BCUT2D eigenvalue weighted by Gasteiger charge is 2.06. The maximum Gasteiger partial charge on any atom is 0.412 e. The normalized spacial score (nSPS) is 10.2. The molecule has 0 saturated heterocycles. The smallest absolute Gasteiger partial charge is 0.412 e. The molecule has 2 N–H and O–H groups in total. The molecule has 5 heteroatoms. The molecule has 98 valence electrons. The summed E-state index contributed by atoms with van der Waals surface area (Å²) in [7, 11) is 0. The monoisotopic (exact) mass is 251 g/mol. The fourth-order valence-electron chi connectivity index (χ4n) is 1.35. The molecule has 0 unspecified atom stereocenters. The van der Waals surface area contributed by atoms with E-state index in [2.05, 4.69) is 5.32 Å². The van der Waals surface area contributed by atoms with E-state index in [9.17, 15) is 9.59 Å². The number of aliphatic carboxylic acids is 1. The number of carboxylic acids is 1. The topological polar surface area (TPSA) is 75.6 Å². The van der Waals surface area contributed by atoms with Crippen LogP contribution in [0.15, 0.2) is 24.3 Å². The van der Waals surface area contributed by atoms with Gasteiger partial charge in [-0.3, -0.25) is 4.79 Å². The number of nitrogens with one attached hydrogen (secondary N) is 1. The first-order valence-electron chi connectivity index (χ1n) is 5.76. The first-order chi connectivity index (χ1) is 8.49. The molecule has 0 fully saturated rings. The molecular weight excluding hydrogens is 234 g/mol. The molecule has 1 aromatic carbocycles. The standard InChI is InChI=1S/C13H17NO4/c1-9(2)10-4-3-5-11(8-10)18-13(17)14-7-6-12(15)16/h3-5,8-9H,6-7H2,1-2H3,(H,14,17)(H,15,16). The molecule has 0 aromatic heterocycles. The van der Waals surface area contributed by atoms with Crippen molar-refractivity contribution >= 4 is 12.1 Å². The minimum absolute atomic E-state index is 0.0536. The van der Waals surface area contributed by atoms with Gasteiger partial charge < -0.3 is 15.2 Å². The number of carbonyl (C=O) groups excluding carboxylic acids is 1. The molecule has 1 rings (SSSR count). The molecule has 0 spiro atoms. The second-order valence-corrected chi connectivity index (χ2v) is 4.19. The Balaban J connectivity index is 2.49. The van der Waals surface area contributed by atoms with Crippen LogP contribution < -0.4 is 10.1 Å². The van der Waals surface area contributed by atoms with E-state index in [0.29, 0.717) is 11.7 Å². The van der Waals surface area contributed by atoms with Gasteiger partial charge in [-0.2, -0.15) is 0 Å². The molecule has 18 heavy (non-hydrogen) atoms. The fourth-order valence-corrected chi connectivity index (χ4v) is 1.35. The lowest BCUT2D eigenvalue weighted by atomic mass is 10.0. The zero-order valence-electron chi connectivity index (χ0n) is 10.5. The molecule has 0 saturated carbocycles. The number of hydrogen-bond donors (Lipinski definition) is 2. The third-order valence-corrected chi connectivity index (χ3v) is 2.34. The largest absolute Gasteiger partial charge is 0.481 e. The highest BCUT2D eigenvalue weighted by molar-refractivity contribution is 5.72. The van der Waals surface area contributed by atoms with E-state index in [0.717, 1.165) is 5.56 Å². The molecule has 1 aromatic rings. The number of ether oxygens (including phenoxy) is 1. The van der Waals surface area contributed by atoms with Gasteiger partial charge >= 0.3 is 12.1 Å². The Morgan fingerprint density at radius 3 is 2.72 bits per heavy atom. The van der Waals surface area contributed by atoms with Gasteiger partial charge in [0.1, 0.15) is 5.75 Å². The first-order valence-corrected chi connectivity index (χ1v) is 5.76. The van der Waals surface area contributed by atoms with Gasteiger partial charge in [-0.25, -0.2) is 4.79 Å². The lowest BCUT2D eigenvalue weighted by molar-refractivity contribution is -0.136. The third-order valence-electron chi connectivity index (χ3n) is 2.34. The van der Waals surface area contributed by atoms with Crippen LogP contribution >= 0.6 is 0 Å². The minimum Gasteiger partial charge on any atom is -0.481 e. The van der Waals surface area contributed by atoms with Crippen LogP contribution in [0.2, 0.25) is 0 Å². The maximum atomic E-state index is 11.3. The van der Waals surface area contributed by atoms with Gasteiger partial charge in [0.05, 0.1) is 6.42 Å². The van der Waals surface area contributed by atoms with Crippen LogP contribution in [0.1, 0.15) is 31.7 Å². The molecule has 0 aliphatic heterocycles. The summed E-state index contributed by atoms with van der Waals surface area (Å²) < 4.78 is 5.04. The predicted octanol–water partition coefficient (Wildman–Crippen LogP) is 2.37. The molecule has 5 nitrogen and oxygen atoms in total. The van der Waals surface area contributed by atoms with Crippen LogP contribution in [0.4, 0.5) is 4.79 Å². The van der Waals surface area contributed by atoms with Crippen LogP contribution in [0, 0.1) is 0 Å². The van der Waals surface area contributed by atoms with Crippen molar-refractivity contribution in [2.24, 2.45) is 0 Å². The van der Waals surface area contributed by atoms with Crippen molar-refractivity contribution in [3.05, 3.63) is 29.8 Å². The second kappa shape index (κ2) is 6.64. The lowest BCUT2D eigenvalue weighted by Crippen LogP contribution is -2.28. The van der Waals surface area contributed by atoms with E-state index in [1.165, 1.54) is 0 Å². The van der Waals surface area contributed by atoms with Gasteiger partial charge in [0, 0.05) is 6.54 Å². The zero-order valence-corrected chi connectivity index (χ0v) is 10.5. The average Bonchev–Trinajstić information content (AvgIpc) is 2.28. The molecule has 0 bridgehead atoms. The SMILES string of the molecule is CC(C)c1cccc(OC(=O)NCCC(=O)O)c1. The number of amides is 1. The van der Waals surface area contributed by atoms with Crippen molar-refractivity contribution in [2.75, 3.05) is 6.54 Å². The fraction of sp³-hybridized carbons (Fsp3) is 0.385. The van der Waals surface area contributed by atoms with Crippen molar-refractivity contribution in [1.82, 2.24) is 5.32 Å². The summed E-state index contributed by atoms with van der Waals surface area (Å²) in [4.78, 5) is 21.6. The Morgan fingerprint density at radius 1 is 1.39 bits per heavy atom. The lowest BCUT2D eigenvalue weighted by Gasteiger charge is -2.09. The molecule has 0 atom stereocenters. The summed E-state index contributed by atoms with van der Waals surface area (Å²) >= 11 is 0. The predicted molar refractivity (Wildman–Crippen MR) is 66.8 cm³/mol. The second-order valence-electron chi connectivity index (χ2n) is 4.19. The number of carboxylic acid groups (broad SMARTS) is 1. The van der Waals surface area contributed by atoms with E-state index in [1.807, 2.05) is 26.0 Å². The van der Waals surface area contributed by atoms with Crippen molar-refractivity contribution in [3.63, 3.8) is 0 Å². The average molecular weight is 251 g/mol. The maximum absolute atomic E-state index is 11.3. The quantitative estimate of drug-likeness (QED) is 0.842.